The van der Waals surface area contributed by atoms with Crippen LogP contribution in [0.25, 0.3) is 21.3 Å². The molecule has 4 aromatic rings. The second-order valence-electron chi connectivity index (χ2n) is 7.84. The summed E-state index contributed by atoms with van der Waals surface area (Å²) in [7, 11) is 1.86. The fraction of sp³-hybridized carbons (Fsp3) is 0.333. The fourth-order valence-corrected chi connectivity index (χ4v) is 4.89. The third kappa shape index (κ3) is 3.96. The van der Waals surface area contributed by atoms with Crippen LogP contribution in [0, 0.1) is 16.7 Å². The van der Waals surface area contributed by atoms with E-state index in [2.05, 4.69) is 26.3 Å². The van der Waals surface area contributed by atoms with E-state index in [0.717, 1.165) is 39.2 Å². The number of hydrogen-bond donors (Lipinski definition) is 0. The average Bonchev–Trinajstić information content (AvgIpc) is 3.07. The minimum atomic E-state index is -0.463. The molecule has 1 saturated carbocycles. The van der Waals surface area contributed by atoms with Crippen molar-refractivity contribution in [1.29, 1.82) is 5.26 Å². The average molecular weight is 453 g/mol. The highest BCUT2D eigenvalue weighted by Gasteiger charge is 2.44. The van der Waals surface area contributed by atoms with Crippen molar-refractivity contribution in [2.45, 2.75) is 32.1 Å². The summed E-state index contributed by atoms with van der Waals surface area (Å²) in [5.41, 5.74) is 2.19. The van der Waals surface area contributed by atoms with Crippen LogP contribution in [0.4, 0.5) is 0 Å². The molecule has 0 atom stereocenters. The molecule has 1 aliphatic rings. The lowest BCUT2D eigenvalue weighted by atomic mass is 10.00. The van der Waals surface area contributed by atoms with Crippen molar-refractivity contribution in [2.75, 3.05) is 0 Å². The molecule has 0 radical (unpaired) electrons. The Morgan fingerprint density at radius 3 is 2.87 bits per heavy atom. The van der Waals surface area contributed by atoms with Gasteiger partial charge in [0.1, 0.15) is 10.8 Å². The quantitative estimate of drug-likeness (QED) is 0.414. The van der Waals surface area contributed by atoms with Gasteiger partial charge in [-0.15, -0.1) is 21.5 Å². The van der Waals surface area contributed by atoms with E-state index in [-0.39, 0.29) is 24.5 Å². The molecule has 5 rings (SSSR count). The van der Waals surface area contributed by atoms with Gasteiger partial charge in [0.15, 0.2) is 0 Å². The van der Waals surface area contributed by atoms with Crippen molar-refractivity contribution in [2.24, 2.45) is 12.5 Å². The Kier molecular flexibility index (Phi) is 4.84. The Hall–Kier alpha value is -3.09. The number of thiazole rings is 1. The Morgan fingerprint density at radius 2 is 2.16 bits per heavy atom. The van der Waals surface area contributed by atoms with E-state index >= 15 is 0 Å². The first-order valence-electron chi connectivity index (χ1n) is 9.76. The summed E-state index contributed by atoms with van der Waals surface area (Å²) in [6.45, 7) is 0. The number of carbonyl (C=O) groups excluding carboxylic acids is 1. The number of benzene rings is 1. The van der Waals surface area contributed by atoms with Gasteiger partial charge in [-0.25, -0.2) is 4.98 Å². The molecule has 31 heavy (non-hydrogen) atoms. The Labute approximate surface area is 186 Å². The standard InChI is InChI=1S/C21H17ClN6O2S/c1-28-10-12(9-24-28)14-2-3-15-20(19(14)22)31-18(25-15)7-17-27-26-16(30-17)6-13(29)8-21(11-23)4-5-21/h2-3,9-10H,4-8H2,1H3. The second-order valence-corrected chi connectivity index (χ2v) is 9.30. The van der Waals surface area contributed by atoms with E-state index in [1.165, 1.54) is 11.3 Å². The molecule has 1 aromatic carbocycles. The van der Waals surface area contributed by atoms with Crippen LogP contribution in [-0.4, -0.2) is 30.7 Å². The predicted octanol–water partition coefficient (Wildman–Crippen LogP) is 4.13. The zero-order valence-electron chi connectivity index (χ0n) is 16.6. The number of rotatable bonds is 7. The molecule has 0 N–H and O–H groups in total. The number of fused-ring (bicyclic) bond motifs is 1. The molecule has 0 saturated heterocycles. The van der Waals surface area contributed by atoms with Gasteiger partial charge in [0.2, 0.25) is 11.8 Å². The monoisotopic (exact) mass is 452 g/mol. The van der Waals surface area contributed by atoms with Crippen molar-refractivity contribution in [3.05, 3.63) is 46.3 Å². The topological polar surface area (TPSA) is 110 Å². The molecule has 3 aromatic heterocycles. The van der Waals surface area contributed by atoms with E-state index < -0.39 is 5.41 Å². The lowest BCUT2D eigenvalue weighted by Crippen LogP contribution is -2.10. The first-order chi connectivity index (χ1) is 14.9. The molecule has 3 heterocycles. The number of halogens is 1. The SMILES string of the molecule is Cn1cc(-c2ccc3nc(Cc4nnc(CC(=O)CC5(C#N)CC5)o4)sc3c2Cl)cn1. The lowest BCUT2D eigenvalue weighted by Gasteiger charge is -2.01. The van der Waals surface area contributed by atoms with Crippen molar-refractivity contribution in [3.8, 4) is 17.2 Å². The highest BCUT2D eigenvalue weighted by molar-refractivity contribution is 7.19. The highest BCUT2D eigenvalue weighted by atomic mass is 35.5. The van der Waals surface area contributed by atoms with Crippen LogP contribution in [0.5, 0.6) is 0 Å². The van der Waals surface area contributed by atoms with Gasteiger partial charge in [-0.05, 0) is 18.9 Å². The summed E-state index contributed by atoms with van der Waals surface area (Å²) in [5.74, 6) is 0.613. The molecular weight excluding hydrogens is 436 g/mol. The number of hydrogen-bond acceptors (Lipinski definition) is 8. The van der Waals surface area contributed by atoms with Crippen molar-refractivity contribution < 1.29 is 9.21 Å². The van der Waals surface area contributed by atoms with Crippen molar-refractivity contribution in [3.63, 3.8) is 0 Å². The van der Waals surface area contributed by atoms with Crippen LogP contribution in [0.15, 0.2) is 28.9 Å². The fourth-order valence-electron chi connectivity index (χ4n) is 3.51. The van der Waals surface area contributed by atoms with Gasteiger partial charge in [-0.1, -0.05) is 17.7 Å². The molecule has 8 nitrogen and oxygen atoms in total. The number of aryl methyl sites for hydroxylation is 1. The summed E-state index contributed by atoms with van der Waals surface area (Å²) in [5, 5.41) is 22.8. The van der Waals surface area contributed by atoms with Gasteiger partial charge < -0.3 is 4.42 Å². The van der Waals surface area contributed by atoms with E-state index in [4.69, 9.17) is 21.3 Å². The third-order valence-corrected chi connectivity index (χ3v) is 6.94. The van der Waals surface area contributed by atoms with Crippen LogP contribution in [-0.2, 0) is 24.7 Å². The minimum Gasteiger partial charge on any atom is -0.424 e. The maximum absolute atomic E-state index is 12.2. The third-order valence-electron chi connectivity index (χ3n) is 5.34. The number of carbonyl (C=O) groups is 1. The molecule has 1 aliphatic carbocycles. The normalized spacial score (nSPS) is 14.6. The molecular formula is C21H17ClN6O2S. The first-order valence-corrected chi connectivity index (χ1v) is 11.0. The smallest absolute Gasteiger partial charge is 0.223 e. The second kappa shape index (κ2) is 7.55. The van der Waals surface area contributed by atoms with Gasteiger partial charge in [0.05, 0.1) is 45.8 Å². The number of nitriles is 1. The van der Waals surface area contributed by atoms with Crippen LogP contribution in [0.1, 0.15) is 36.1 Å². The first kappa shape index (κ1) is 19.8. The maximum atomic E-state index is 12.2. The summed E-state index contributed by atoms with van der Waals surface area (Å²) in [6.07, 6.45) is 5.92. The number of ketones is 1. The summed E-state index contributed by atoms with van der Waals surface area (Å²) < 4.78 is 8.27. The van der Waals surface area contributed by atoms with E-state index in [0.29, 0.717) is 17.3 Å². The van der Waals surface area contributed by atoms with E-state index in [1.54, 1.807) is 10.9 Å². The van der Waals surface area contributed by atoms with Gasteiger partial charge in [0.25, 0.3) is 0 Å². The Morgan fingerprint density at radius 1 is 1.35 bits per heavy atom. The number of nitrogens with zero attached hydrogens (tertiary/aromatic N) is 6. The zero-order chi connectivity index (χ0) is 21.6. The van der Waals surface area contributed by atoms with Crippen LogP contribution < -0.4 is 0 Å². The predicted molar refractivity (Wildman–Crippen MR) is 115 cm³/mol. The van der Waals surface area contributed by atoms with Gasteiger partial charge in [-0.3, -0.25) is 9.48 Å². The number of Topliss-reactive ketones (excluding diaryl/α,β-unsaturated/α-hetero) is 1. The molecule has 0 bridgehead atoms. The Bertz CT molecular complexity index is 1340. The molecule has 0 spiro atoms. The van der Waals surface area contributed by atoms with Gasteiger partial charge in [0, 0.05) is 30.8 Å². The van der Waals surface area contributed by atoms with Gasteiger partial charge >= 0.3 is 0 Å². The largest absolute Gasteiger partial charge is 0.424 e. The van der Waals surface area contributed by atoms with Crippen molar-refractivity contribution in [1.82, 2.24) is 25.0 Å². The maximum Gasteiger partial charge on any atom is 0.223 e. The molecule has 156 valence electrons. The molecule has 0 unspecified atom stereocenters. The summed E-state index contributed by atoms with van der Waals surface area (Å²) in [6, 6.07) is 6.10. The molecule has 10 heteroatoms. The molecule has 0 aliphatic heterocycles. The Balaban J connectivity index is 1.31. The molecule has 0 amide bonds. The van der Waals surface area contributed by atoms with Crippen LogP contribution in [0.3, 0.4) is 0 Å². The summed E-state index contributed by atoms with van der Waals surface area (Å²) in [4.78, 5) is 16.8. The zero-order valence-corrected chi connectivity index (χ0v) is 18.2. The van der Waals surface area contributed by atoms with Crippen molar-refractivity contribution >= 4 is 38.9 Å². The van der Waals surface area contributed by atoms with E-state index in [9.17, 15) is 4.79 Å². The van der Waals surface area contributed by atoms with Gasteiger partial charge in [-0.2, -0.15) is 10.4 Å². The van der Waals surface area contributed by atoms with Crippen LogP contribution in [0.2, 0.25) is 5.02 Å². The van der Waals surface area contributed by atoms with E-state index in [1.807, 2.05) is 25.4 Å². The molecule has 1 fully saturated rings. The number of aromatic nitrogens is 5. The van der Waals surface area contributed by atoms with Crippen LogP contribution >= 0.6 is 22.9 Å². The summed E-state index contributed by atoms with van der Waals surface area (Å²) >= 11 is 8.13. The highest BCUT2D eigenvalue weighted by Crippen LogP contribution is 2.48. The minimum absolute atomic E-state index is 0.0519. The lowest BCUT2D eigenvalue weighted by molar-refractivity contribution is -0.119.